The van der Waals surface area contributed by atoms with Gasteiger partial charge in [-0.2, -0.15) is 61.2 Å². The van der Waals surface area contributed by atoms with E-state index >= 15 is 0 Å². The van der Waals surface area contributed by atoms with Gasteiger partial charge in [0.1, 0.15) is 0 Å². The van der Waals surface area contributed by atoms with Crippen molar-refractivity contribution in [3.63, 3.8) is 0 Å². The van der Waals surface area contributed by atoms with Gasteiger partial charge < -0.3 is 10.2 Å². The molecule has 0 radical (unpaired) electrons. The molecule has 3 saturated carbocycles. The number of hydrogen-bond acceptors (Lipinski definition) is 18. The number of nitrogens with zero attached hydrogens (tertiary/aromatic N) is 28. The predicted octanol–water partition coefficient (Wildman–Crippen LogP) is 12.1. The summed E-state index contributed by atoms with van der Waals surface area (Å²) < 4.78 is 22.6. The molecule has 30 nitrogen and oxygen atoms in total. The third-order valence-electron chi connectivity index (χ3n) is 21.8. The van der Waals surface area contributed by atoms with E-state index in [2.05, 4.69) is 106 Å². The number of aryl methyl sites for hydroxylation is 4. The number of aliphatic hydroxyl groups is 2. The fourth-order valence-corrected chi connectivity index (χ4v) is 15.2. The van der Waals surface area contributed by atoms with E-state index in [4.69, 9.17) is 25.0 Å². The van der Waals surface area contributed by atoms with Gasteiger partial charge in [-0.15, -0.1) is 0 Å². The van der Waals surface area contributed by atoms with Crippen molar-refractivity contribution in [3.8, 4) is 90.1 Å². The van der Waals surface area contributed by atoms with Crippen molar-refractivity contribution in [2.75, 3.05) is 6.61 Å². The van der Waals surface area contributed by atoms with Gasteiger partial charge in [0.15, 0.2) is 0 Å². The first kappa shape index (κ1) is 69.4. The van der Waals surface area contributed by atoms with Crippen molar-refractivity contribution < 1.29 is 10.2 Å². The number of aromatic nitrogens is 28. The monoisotopic (exact) mass is 1440 g/mol. The molecule has 0 amide bonds. The summed E-state index contributed by atoms with van der Waals surface area (Å²) in [5.74, 6) is 0.933. The van der Waals surface area contributed by atoms with Gasteiger partial charge in [0.25, 0.3) is 0 Å². The van der Waals surface area contributed by atoms with E-state index in [1.165, 1.54) is 32.1 Å². The van der Waals surface area contributed by atoms with Crippen molar-refractivity contribution in [2.24, 2.45) is 40.0 Å². The van der Waals surface area contributed by atoms with E-state index < -0.39 is 0 Å². The van der Waals surface area contributed by atoms with Gasteiger partial charge in [-0.05, 0) is 94.9 Å². The fourth-order valence-electron chi connectivity index (χ4n) is 15.2. The van der Waals surface area contributed by atoms with Crippen LogP contribution in [-0.2, 0) is 33.7 Å². The molecule has 16 heterocycles. The highest BCUT2D eigenvalue weighted by atomic mass is 16.3. The topological polar surface area (TPSA) is 304 Å². The summed E-state index contributed by atoms with van der Waals surface area (Å²) in [6, 6.07) is 8.65. The van der Waals surface area contributed by atoms with Gasteiger partial charge in [0.2, 0.25) is 0 Å². The first-order valence-corrected chi connectivity index (χ1v) is 37.0. The molecule has 548 valence electrons. The molecule has 3 fully saturated rings. The maximum absolute atomic E-state index is 10.2. The van der Waals surface area contributed by atoms with E-state index in [9.17, 15) is 10.2 Å². The van der Waals surface area contributed by atoms with Crippen LogP contribution in [0.2, 0.25) is 0 Å². The summed E-state index contributed by atoms with van der Waals surface area (Å²) in [6.45, 7) is 9.19. The second-order valence-electron chi connectivity index (χ2n) is 28.8. The average Bonchev–Trinajstić information content (AvgIpc) is 1.68. The summed E-state index contributed by atoms with van der Waals surface area (Å²) in [6.07, 6.45) is 59.9. The first-order chi connectivity index (χ1) is 52.1. The van der Waals surface area contributed by atoms with Gasteiger partial charge in [0.05, 0.1) is 197 Å². The second kappa shape index (κ2) is 29.6. The molecule has 16 aromatic heterocycles. The molecule has 107 heavy (non-hydrogen) atoms. The number of aliphatic hydroxyl groups excluding tert-OH is 2. The van der Waals surface area contributed by atoms with Crippen LogP contribution >= 0.6 is 0 Å². The van der Waals surface area contributed by atoms with Gasteiger partial charge in [-0.3, -0.25) is 37.5 Å². The van der Waals surface area contributed by atoms with E-state index in [1.54, 1.807) is 49.7 Å². The summed E-state index contributed by atoms with van der Waals surface area (Å²) in [5.41, 5.74) is 18.3. The Balaban J connectivity index is 0.000000109. The quantitative estimate of drug-likeness (QED) is 0.0901. The Morgan fingerprint density at radius 3 is 1.08 bits per heavy atom. The minimum atomic E-state index is -0.326. The summed E-state index contributed by atoms with van der Waals surface area (Å²) >= 11 is 0. The van der Waals surface area contributed by atoms with E-state index in [1.807, 2.05) is 185 Å². The zero-order valence-electron chi connectivity index (χ0n) is 61.4. The van der Waals surface area contributed by atoms with Crippen molar-refractivity contribution in [1.82, 2.24) is 137 Å². The molecule has 0 aliphatic heterocycles. The summed E-state index contributed by atoms with van der Waals surface area (Å²) in [5, 5.41) is 72.9. The first-order valence-electron chi connectivity index (χ1n) is 37.0. The van der Waals surface area contributed by atoms with Crippen molar-refractivity contribution in [2.45, 2.75) is 141 Å². The van der Waals surface area contributed by atoms with Gasteiger partial charge >= 0.3 is 0 Å². The Kier molecular flexibility index (Phi) is 19.2. The lowest BCUT2D eigenvalue weighted by molar-refractivity contribution is 0.130. The minimum Gasteiger partial charge on any atom is -0.396 e. The maximum Gasteiger partial charge on any atom is 0.0999 e. The highest BCUT2D eigenvalue weighted by Gasteiger charge is 2.31. The van der Waals surface area contributed by atoms with Gasteiger partial charge in [-0.1, -0.05) is 46.5 Å². The lowest BCUT2D eigenvalue weighted by atomic mass is 9.96. The number of hydrogen-bond donors (Lipinski definition) is 2. The smallest absolute Gasteiger partial charge is 0.0999 e. The van der Waals surface area contributed by atoms with Crippen LogP contribution in [0, 0.1) is 11.8 Å². The highest BCUT2D eigenvalue weighted by molar-refractivity contribution is 5.81. The van der Waals surface area contributed by atoms with E-state index in [0.29, 0.717) is 12.0 Å². The number of rotatable bonds is 15. The largest absolute Gasteiger partial charge is 0.396 e. The Bertz CT molecular complexity index is 5710. The third kappa shape index (κ3) is 14.1. The van der Waals surface area contributed by atoms with Crippen LogP contribution in [-0.4, -0.2) is 160 Å². The number of fused-ring (bicyclic) bond motifs is 4. The lowest BCUT2D eigenvalue weighted by Gasteiger charge is -2.27. The highest BCUT2D eigenvalue weighted by Crippen LogP contribution is 2.39. The molecule has 2 N–H and O–H groups in total. The molecular weight excluding hydrogens is 1350 g/mol. The molecule has 6 atom stereocenters. The van der Waals surface area contributed by atoms with Crippen molar-refractivity contribution in [3.05, 3.63) is 173 Å². The van der Waals surface area contributed by atoms with Crippen LogP contribution in [0.1, 0.15) is 129 Å². The minimum absolute atomic E-state index is 0.00966. The standard InChI is InChI=1S/C21H25N7.C19H21N7O.C19H23N7.C18H19N7O/c1-15-6-4-3-5-7-19(15)27-13-17(11-24-27)21-20-8-9-22-28(20)14-18(25-21)16-10-23-26(2)12-16;1-24-9-14(7-21-24)16-11-26-18(5-6-20-26)19(23-16)15-8-22-25(10-15)17-4-2-3-13(17)12-27;1-5-19(3,6-2)26-12-15(10-22-26)18-17-7-8-20-25(17)13-16(23-18)14-9-21-24(4)11-14;1-23-9-12(7-20-23)14-11-25-16(5-6-19-25)18(22-14)13-8-21-24(10-13)15-3-2-4-17(15)26/h8-15,19H,3-7H2,1-2H3;5-11,13,17,27H,2-4,12H2,1H3;7-13H,5-6H2,1-4H3;5-11,15,17,26H,2-4H2,1H3. The summed E-state index contributed by atoms with van der Waals surface area (Å²) in [4.78, 5) is 19.6. The van der Waals surface area contributed by atoms with Crippen molar-refractivity contribution in [1.29, 1.82) is 0 Å². The maximum atomic E-state index is 10.2. The average molecular weight is 1440 g/mol. The van der Waals surface area contributed by atoms with Crippen LogP contribution in [0.3, 0.4) is 0 Å². The normalized spacial score (nSPS) is 18.3. The van der Waals surface area contributed by atoms with E-state index in [-0.39, 0.29) is 36.3 Å². The molecule has 3 aliphatic rings. The van der Waals surface area contributed by atoms with Crippen LogP contribution in [0.5, 0.6) is 0 Å². The van der Waals surface area contributed by atoms with Crippen molar-refractivity contribution >= 4 is 22.1 Å². The molecule has 3 aliphatic carbocycles. The Hall–Kier alpha value is -11.9. The lowest BCUT2D eigenvalue weighted by Crippen LogP contribution is -2.28. The van der Waals surface area contributed by atoms with E-state index in [0.717, 1.165) is 163 Å². The molecule has 0 bridgehead atoms. The fraction of sp³-hybridized carbons (Fsp3) is 0.377. The van der Waals surface area contributed by atoms with Crippen LogP contribution in [0.15, 0.2) is 173 Å². The molecular formula is C77H88N28O2. The third-order valence-corrected chi connectivity index (χ3v) is 21.8. The zero-order valence-corrected chi connectivity index (χ0v) is 61.4. The van der Waals surface area contributed by atoms with Gasteiger partial charge in [0, 0.05) is 135 Å². The Morgan fingerprint density at radius 1 is 0.364 bits per heavy atom. The molecule has 19 rings (SSSR count). The molecule has 0 saturated heterocycles. The SMILES string of the molecule is CC1CCCCCC1n1cc(-c2nc(-c3cnn(C)c3)cn3nccc23)cn1.CCC(C)(CC)n1cc(-c2nc(-c3cnn(C)c3)cn3nccc23)cn1.Cn1cc(-c2cn3nccc3c(-c3cnn(C4CCCC4CO)c3)n2)cn1.Cn1cc(-c2cn3nccc3c(-c3cnn(C4CCCC4O)c3)n2)cn1. The van der Waals surface area contributed by atoms with Crippen LogP contribution in [0.4, 0.5) is 0 Å². The van der Waals surface area contributed by atoms with Gasteiger partial charge in [-0.25, -0.2) is 38.0 Å². The Labute approximate surface area is 616 Å². The second-order valence-corrected chi connectivity index (χ2v) is 28.8. The molecule has 0 spiro atoms. The molecule has 30 heteroatoms. The van der Waals surface area contributed by atoms with Crippen LogP contribution < -0.4 is 0 Å². The molecule has 6 unspecified atom stereocenters. The zero-order chi connectivity index (χ0) is 73.5. The molecule has 16 aromatic rings. The predicted molar refractivity (Wildman–Crippen MR) is 404 cm³/mol. The van der Waals surface area contributed by atoms with Crippen LogP contribution in [0.25, 0.3) is 112 Å². The Morgan fingerprint density at radius 2 is 0.710 bits per heavy atom. The summed E-state index contributed by atoms with van der Waals surface area (Å²) in [7, 11) is 7.58. The molecule has 0 aromatic carbocycles.